The van der Waals surface area contributed by atoms with Gasteiger partial charge in [-0.3, -0.25) is 4.79 Å². The van der Waals surface area contributed by atoms with E-state index in [4.69, 9.17) is 4.74 Å². The van der Waals surface area contributed by atoms with Crippen LogP contribution in [0.1, 0.15) is 44.6 Å². The number of aliphatic carboxylic acids is 1. The van der Waals surface area contributed by atoms with Crippen molar-refractivity contribution >= 4 is 5.97 Å². The van der Waals surface area contributed by atoms with Crippen LogP contribution in [0.2, 0.25) is 0 Å². The molecule has 0 unspecified atom stereocenters. The largest absolute Gasteiger partial charge is 0.491 e. The van der Waals surface area contributed by atoms with Crippen molar-refractivity contribution in [1.29, 1.82) is 0 Å². The maximum Gasteiger partial charge on any atom is 0.314 e. The number of benzene rings is 1. The van der Waals surface area contributed by atoms with Gasteiger partial charge in [0, 0.05) is 5.56 Å². The van der Waals surface area contributed by atoms with Crippen molar-refractivity contribution < 1.29 is 23.4 Å². The van der Waals surface area contributed by atoms with E-state index in [-0.39, 0.29) is 17.9 Å². The first-order valence-corrected chi connectivity index (χ1v) is 6.87. The molecule has 0 spiro atoms. The predicted molar refractivity (Wildman–Crippen MR) is 69.9 cm³/mol. The van der Waals surface area contributed by atoms with Crippen LogP contribution in [0.25, 0.3) is 0 Å². The second kappa shape index (κ2) is 5.77. The van der Waals surface area contributed by atoms with Gasteiger partial charge < -0.3 is 9.84 Å². The van der Waals surface area contributed by atoms with Gasteiger partial charge >= 0.3 is 5.97 Å². The van der Waals surface area contributed by atoms with Crippen LogP contribution in [0.5, 0.6) is 5.75 Å². The molecule has 0 bridgehead atoms. The molecule has 0 saturated heterocycles. The van der Waals surface area contributed by atoms with Gasteiger partial charge in [0.15, 0.2) is 11.6 Å². The van der Waals surface area contributed by atoms with Crippen molar-refractivity contribution in [3.8, 4) is 5.75 Å². The minimum Gasteiger partial charge on any atom is -0.491 e. The zero-order valence-corrected chi connectivity index (χ0v) is 11.4. The van der Waals surface area contributed by atoms with Crippen molar-refractivity contribution in [1.82, 2.24) is 0 Å². The zero-order chi connectivity index (χ0) is 14.8. The standard InChI is InChI=1S/C15H18F2O3/c1-2-20-11-7-6-10(12(16)13(11)17)15(14(18)19)8-4-3-5-9-15/h6-7H,2-5,8-9H2,1H3,(H,18,19). The Labute approximate surface area is 116 Å². The number of ether oxygens (including phenoxy) is 1. The number of halogens is 2. The van der Waals surface area contributed by atoms with Gasteiger partial charge in [-0.1, -0.05) is 25.3 Å². The molecular formula is C15H18F2O3. The molecule has 3 nitrogen and oxygen atoms in total. The fourth-order valence-electron chi connectivity index (χ4n) is 2.92. The summed E-state index contributed by atoms with van der Waals surface area (Å²) in [7, 11) is 0. The smallest absolute Gasteiger partial charge is 0.314 e. The maximum absolute atomic E-state index is 14.3. The van der Waals surface area contributed by atoms with Gasteiger partial charge in [-0.2, -0.15) is 4.39 Å². The molecule has 1 aliphatic rings. The molecule has 20 heavy (non-hydrogen) atoms. The first kappa shape index (κ1) is 14.8. The maximum atomic E-state index is 14.3. The molecule has 0 aromatic heterocycles. The Bertz CT molecular complexity index is 508. The molecule has 0 aliphatic heterocycles. The van der Waals surface area contributed by atoms with Crippen LogP contribution < -0.4 is 4.74 Å². The Hall–Kier alpha value is -1.65. The fourth-order valence-corrected chi connectivity index (χ4v) is 2.92. The lowest BCUT2D eigenvalue weighted by molar-refractivity contribution is -0.145. The summed E-state index contributed by atoms with van der Waals surface area (Å²) in [6.45, 7) is 1.89. The lowest BCUT2D eigenvalue weighted by atomic mass is 9.69. The van der Waals surface area contributed by atoms with Crippen LogP contribution >= 0.6 is 0 Å². The first-order chi connectivity index (χ1) is 9.53. The normalized spacial score (nSPS) is 17.8. The Morgan fingerprint density at radius 1 is 1.25 bits per heavy atom. The van der Waals surface area contributed by atoms with Crippen molar-refractivity contribution in [2.75, 3.05) is 6.61 Å². The highest BCUT2D eigenvalue weighted by Crippen LogP contribution is 2.42. The molecule has 5 heteroatoms. The van der Waals surface area contributed by atoms with Crippen LogP contribution in [0, 0.1) is 11.6 Å². The van der Waals surface area contributed by atoms with E-state index < -0.39 is 23.0 Å². The van der Waals surface area contributed by atoms with E-state index in [0.717, 1.165) is 6.42 Å². The monoisotopic (exact) mass is 284 g/mol. The highest BCUT2D eigenvalue weighted by Gasteiger charge is 2.44. The molecule has 1 aromatic rings. The Kier molecular flexibility index (Phi) is 4.26. The van der Waals surface area contributed by atoms with E-state index in [1.165, 1.54) is 12.1 Å². The molecule has 1 aliphatic carbocycles. The van der Waals surface area contributed by atoms with Gasteiger partial charge in [0.2, 0.25) is 5.82 Å². The van der Waals surface area contributed by atoms with Gasteiger partial charge in [-0.25, -0.2) is 4.39 Å². The Balaban J connectivity index is 2.49. The number of hydrogen-bond donors (Lipinski definition) is 1. The lowest BCUT2D eigenvalue weighted by Gasteiger charge is -2.34. The molecule has 1 fully saturated rings. The Morgan fingerprint density at radius 3 is 2.45 bits per heavy atom. The Morgan fingerprint density at radius 2 is 1.90 bits per heavy atom. The summed E-state index contributed by atoms with van der Waals surface area (Å²) in [6, 6.07) is 2.67. The van der Waals surface area contributed by atoms with E-state index >= 15 is 0 Å². The van der Waals surface area contributed by atoms with E-state index in [0.29, 0.717) is 25.7 Å². The van der Waals surface area contributed by atoms with E-state index in [2.05, 4.69) is 0 Å². The number of carbonyl (C=O) groups is 1. The molecule has 1 N–H and O–H groups in total. The van der Waals surface area contributed by atoms with E-state index in [1.54, 1.807) is 6.92 Å². The van der Waals surface area contributed by atoms with Crippen molar-refractivity contribution in [2.24, 2.45) is 0 Å². The average Bonchev–Trinajstić information content (AvgIpc) is 2.45. The third-order valence-electron chi connectivity index (χ3n) is 3.98. The summed E-state index contributed by atoms with van der Waals surface area (Å²) < 4.78 is 33.2. The van der Waals surface area contributed by atoms with Crippen molar-refractivity contribution in [3.05, 3.63) is 29.3 Å². The van der Waals surface area contributed by atoms with Crippen LogP contribution in [-0.2, 0) is 10.2 Å². The topological polar surface area (TPSA) is 46.5 Å². The molecule has 1 aromatic carbocycles. The summed E-state index contributed by atoms with van der Waals surface area (Å²) in [4.78, 5) is 11.6. The highest BCUT2D eigenvalue weighted by molar-refractivity contribution is 5.81. The SMILES string of the molecule is CCOc1ccc(C2(C(=O)O)CCCCC2)c(F)c1F. The molecule has 0 atom stereocenters. The minimum atomic E-state index is -1.31. The predicted octanol–water partition coefficient (Wildman–Crippen LogP) is 3.65. The van der Waals surface area contributed by atoms with Gasteiger partial charge in [0.25, 0.3) is 0 Å². The molecule has 0 radical (unpaired) electrons. The van der Waals surface area contributed by atoms with Gasteiger partial charge in [0.1, 0.15) is 0 Å². The van der Waals surface area contributed by atoms with Crippen LogP contribution in [0.3, 0.4) is 0 Å². The quantitative estimate of drug-likeness (QED) is 0.918. The van der Waals surface area contributed by atoms with Crippen molar-refractivity contribution in [2.45, 2.75) is 44.4 Å². The highest BCUT2D eigenvalue weighted by atomic mass is 19.2. The fraction of sp³-hybridized carbons (Fsp3) is 0.533. The molecule has 2 rings (SSSR count). The molecule has 0 heterocycles. The summed E-state index contributed by atoms with van der Waals surface area (Å²) in [5.41, 5.74) is -1.38. The third kappa shape index (κ3) is 2.37. The van der Waals surface area contributed by atoms with E-state index in [9.17, 15) is 18.7 Å². The number of hydrogen-bond acceptors (Lipinski definition) is 2. The molecular weight excluding hydrogens is 266 g/mol. The van der Waals surface area contributed by atoms with Gasteiger partial charge in [0.05, 0.1) is 12.0 Å². The summed E-state index contributed by atoms with van der Waals surface area (Å²) in [5, 5.41) is 9.51. The second-order valence-electron chi connectivity index (χ2n) is 5.12. The first-order valence-electron chi connectivity index (χ1n) is 6.87. The van der Waals surface area contributed by atoms with E-state index in [1.807, 2.05) is 0 Å². The minimum absolute atomic E-state index is 0.0642. The van der Waals surface area contributed by atoms with Crippen LogP contribution in [0.4, 0.5) is 8.78 Å². The average molecular weight is 284 g/mol. The third-order valence-corrected chi connectivity index (χ3v) is 3.98. The lowest BCUT2D eigenvalue weighted by Crippen LogP contribution is -2.38. The van der Waals surface area contributed by atoms with Crippen molar-refractivity contribution in [3.63, 3.8) is 0 Å². The van der Waals surface area contributed by atoms with Crippen LogP contribution in [0.15, 0.2) is 12.1 Å². The summed E-state index contributed by atoms with van der Waals surface area (Å²) in [6.07, 6.45) is 3.02. The zero-order valence-electron chi connectivity index (χ0n) is 11.4. The van der Waals surface area contributed by atoms with Gasteiger partial charge in [-0.15, -0.1) is 0 Å². The van der Waals surface area contributed by atoms with Crippen LogP contribution in [-0.4, -0.2) is 17.7 Å². The molecule has 1 saturated carbocycles. The number of carboxylic acids is 1. The number of rotatable bonds is 4. The van der Waals surface area contributed by atoms with Gasteiger partial charge in [-0.05, 0) is 25.8 Å². The molecule has 110 valence electrons. The summed E-state index contributed by atoms with van der Waals surface area (Å²) >= 11 is 0. The number of carboxylic acid groups (broad SMARTS) is 1. The summed E-state index contributed by atoms with van der Waals surface area (Å²) in [5.74, 6) is -3.46. The second-order valence-corrected chi connectivity index (χ2v) is 5.12. The molecule has 0 amide bonds.